The minimum Gasteiger partial charge on any atom is -0.302 e. The van der Waals surface area contributed by atoms with Crippen molar-refractivity contribution in [3.05, 3.63) is 35.4 Å². The average molecular weight is 218 g/mol. The van der Waals surface area contributed by atoms with Crippen molar-refractivity contribution in [1.82, 2.24) is 0 Å². The number of hydrogen-bond donors (Lipinski definition) is 0. The molecule has 0 saturated heterocycles. The third kappa shape index (κ3) is 2.38. The smallest absolute Gasteiger partial charge is 0.129 e. The van der Waals surface area contributed by atoms with Crippen LogP contribution in [-0.2, 0) is 20.4 Å². The van der Waals surface area contributed by atoms with E-state index in [2.05, 4.69) is 0 Å². The Morgan fingerprint density at radius 3 is 1.56 bits per heavy atom. The predicted molar refractivity (Wildman–Crippen MR) is 64.6 cm³/mol. The summed E-state index contributed by atoms with van der Waals surface area (Å²) < 4.78 is 0. The molecule has 0 atom stereocenters. The first-order valence-electron chi connectivity index (χ1n) is 5.37. The fourth-order valence-corrected chi connectivity index (χ4v) is 1.46. The van der Waals surface area contributed by atoms with Crippen molar-refractivity contribution < 1.29 is 9.59 Å². The Bertz CT molecular complexity index is 368. The second-order valence-corrected chi connectivity index (χ2v) is 5.26. The van der Waals surface area contributed by atoms with Gasteiger partial charge in [0, 0.05) is 10.8 Å². The summed E-state index contributed by atoms with van der Waals surface area (Å²) in [6.45, 7) is 7.47. The average Bonchev–Trinajstić information content (AvgIpc) is 2.29. The Morgan fingerprint density at radius 1 is 0.875 bits per heavy atom. The van der Waals surface area contributed by atoms with E-state index in [1.54, 1.807) is 0 Å². The first kappa shape index (κ1) is 12.6. The van der Waals surface area contributed by atoms with Crippen molar-refractivity contribution >= 4 is 12.6 Å². The molecule has 0 fully saturated rings. The second kappa shape index (κ2) is 4.20. The largest absolute Gasteiger partial charge is 0.302 e. The van der Waals surface area contributed by atoms with Gasteiger partial charge >= 0.3 is 0 Å². The van der Waals surface area contributed by atoms with Crippen molar-refractivity contribution in [1.29, 1.82) is 0 Å². The van der Waals surface area contributed by atoms with Crippen LogP contribution in [0, 0.1) is 0 Å². The van der Waals surface area contributed by atoms with Crippen LogP contribution in [0.2, 0.25) is 0 Å². The molecule has 0 aliphatic rings. The summed E-state index contributed by atoms with van der Waals surface area (Å²) in [5.41, 5.74) is 0.870. The molecule has 2 nitrogen and oxygen atoms in total. The van der Waals surface area contributed by atoms with Gasteiger partial charge < -0.3 is 9.59 Å². The van der Waals surface area contributed by atoms with Crippen molar-refractivity contribution in [2.75, 3.05) is 0 Å². The van der Waals surface area contributed by atoms with Gasteiger partial charge in [-0.2, -0.15) is 0 Å². The third-order valence-corrected chi connectivity index (χ3v) is 2.94. The van der Waals surface area contributed by atoms with E-state index in [0.717, 1.165) is 23.7 Å². The van der Waals surface area contributed by atoms with E-state index in [9.17, 15) is 9.59 Å². The molecule has 0 heterocycles. The third-order valence-electron chi connectivity index (χ3n) is 2.94. The maximum absolute atomic E-state index is 11.0. The zero-order valence-electron chi connectivity index (χ0n) is 10.3. The molecule has 0 aliphatic heterocycles. The Kier molecular flexibility index (Phi) is 3.32. The molecule has 0 unspecified atom stereocenters. The number of aldehydes is 2. The summed E-state index contributed by atoms with van der Waals surface area (Å²) in [4.78, 5) is 22.0. The van der Waals surface area contributed by atoms with Crippen LogP contribution in [-0.4, -0.2) is 12.6 Å². The Balaban J connectivity index is 3.24. The molecule has 0 aromatic heterocycles. The molecule has 0 aliphatic carbocycles. The molecule has 0 N–H and O–H groups in total. The number of carbonyl (C=O) groups excluding carboxylic acids is 2. The highest BCUT2D eigenvalue weighted by Gasteiger charge is 2.24. The highest BCUT2D eigenvalue weighted by Crippen LogP contribution is 2.26. The van der Waals surface area contributed by atoms with Crippen LogP contribution in [0.25, 0.3) is 0 Å². The van der Waals surface area contributed by atoms with Gasteiger partial charge in [-0.15, -0.1) is 0 Å². The zero-order valence-corrected chi connectivity index (χ0v) is 10.3. The van der Waals surface area contributed by atoms with Gasteiger partial charge in [0.2, 0.25) is 0 Å². The van der Waals surface area contributed by atoms with Crippen molar-refractivity contribution in [3.63, 3.8) is 0 Å². The fourth-order valence-electron chi connectivity index (χ4n) is 1.46. The Hall–Kier alpha value is -1.44. The van der Waals surface area contributed by atoms with Crippen LogP contribution in [0.3, 0.4) is 0 Å². The van der Waals surface area contributed by atoms with Crippen LogP contribution in [0.5, 0.6) is 0 Å². The molecule has 0 spiro atoms. The van der Waals surface area contributed by atoms with Gasteiger partial charge in [-0.25, -0.2) is 0 Å². The van der Waals surface area contributed by atoms with Gasteiger partial charge in [0.1, 0.15) is 12.6 Å². The lowest BCUT2D eigenvalue weighted by Gasteiger charge is -2.22. The summed E-state index contributed by atoms with van der Waals surface area (Å²) >= 11 is 0. The summed E-state index contributed by atoms with van der Waals surface area (Å²) in [5, 5.41) is 0. The van der Waals surface area contributed by atoms with E-state index >= 15 is 0 Å². The van der Waals surface area contributed by atoms with Gasteiger partial charge in [-0.05, 0) is 38.8 Å². The summed E-state index contributed by atoms with van der Waals surface area (Å²) in [6, 6.07) is 7.65. The molecular formula is C14H18O2. The van der Waals surface area contributed by atoms with Gasteiger partial charge in [0.05, 0.1) is 0 Å². The zero-order chi connectivity index (χ0) is 12.4. The number of rotatable bonds is 4. The molecular weight excluding hydrogens is 200 g/mol. The molecule has 0 radical (unpaired) electrons. The fraction of sp³-hybridized carbons (Fsp3) is 0.429. The summed E-state index contributed by atoms with van der Waals surface area (Å²) in [6.07, 6.45) is 1.86. The molecule has 1 aromatic carbocycles. The van der Waals surface area contributed by atoms with E-state index in [0.29, 0.717) is 0 Å². The highest BCUT2D eigenvalue weighted by molar-refractivity contribution is 5.70. The van der Waals surface area contributed by atoms with Gasteiger partial charge in [0.15, 0.2) is 0 Å². The molecule has 1 aromatic rings. The predicted octanol–water partition coefficient (Wildman–Crippen LogP) is 2.64. The highest BCUT2D eigenvalue weighted by atomic mass is 16.1. The molecule has 2 heteroatoms. The van der Waals surface area contributed by atoms with Gasteiger partial charge in [0.25, 0.3) is 0 Å². The van der Waals surface area contributed by atoms with Crippen LogP contribution in [0.4, 0.5) is 0 Å². The van der Waals surface area contributed by atoms with Crippen LogP contribution in [0.15, 0.2) is 24.3 Å². The lowest BCUT2D eigenvalue weighted by atomic mass is 9.80. The SMILES string of the molecule is CC(C)(C=O)c1cccc(C(C)(C)C=O)c1. The van der Waals surface area contributed by atoms with Crippen LogP contribution in [0.1, 0.15) is 38.8 Å². The van der Waals surface area contributed by atoms with Crippen molar-refractivity contribution in [2.45, 2.75) is 38.5 Å². The number of benzene rings is 1. The van der Waals surface area contributed by atoms with Gasteiger partial charge in [-0.3, -0.25) is 0 Å². The first-order valence-corrected chi connectivity index (χ1v) is 5.37. The number of hydrogen-bond acceptors (Lipinski definition) is 2. The molecule has 86 valence electrons. The van der Waals surface area contributed by atoms with E-state index in [-0.39, 0.29) is 0 Å². The monoisotopic (exact) mass is 218 g/mol. The maximum atomic E-state index is 11.0. The first-order chi connectivity index (χ1) is 7.33. The minimum atomic E-state index is -0.505. The lowest BCUT2D eigenvalue weighted by molar-refractivity contribution is -0.112. The maximum Gasteiger partial charge on any atom is 0.129 e. The van der Waals surface area contributed by atoms with Crippen LogP contribution < -0.4 is 0 Å². The van der Waals surface area contributed by atoms with Gasteiger partial charge in [-0.1, -0.05) is 24.3 Å². The quantitative estimate of drug-likeness (QED) is 0.728. The molecule has 0 amide bonds. The van der Waals surface area contributed by atoms with Crippen molar-refractivity contribution in [3.8, 4) is 0 Å². The van der Waals surface area contributed by atoms with E-state index < -0.39 is 10.8 Å². The lowest BCUT2D eigenvalue weighted by Crippen LogP contribution is -2.22. The van der Waals surface area contributed by atoms with E-state index in [1.165, 1.54) is 0 Å². The topological polar surface area (TPSA) is 34.1 Å². The van der Waals surface area contributed by atoms with E-state index in [4.69, 9.17) is 0 Å². The summed E-state index contributed by atoms with van der Waals surface area (Å²) in [7, 11) is 0. The van der Waals surface area contributed by atoms with Crippen molar-refractivity contribution in [2.24, 2.45) is 0 Å². The second-order valence-electron chi connectivity index (χ2n) is 5.26. The number of carbonyl (C=O) groups is 2. The Labute approximate surface area is 96.7 Å². The molecule has 1 rings (SSSR count). The standard InChI is InChI=1S/C14H18O2/c1-13(2,9-15)11-6-5-7-12(8-11)14(3,4)10-16/h5-10H,1-4H3. The minimum absolute atomic E-state index is 0.505. The molecule has 0 saturated carbocycles. The van der Waals surface area contributed by atoms with E-state index in [1.807, 2.05) is 52.0 Å². The normalized spacial score (nSPS) is 12.2. The Morgan fingerprint density at radius 2 is 1.25 bits per heavy atom. The molecule has 0 bridgehead atoms. The molecule has 16 heavy (non-hydrogen) atoms. The summed E-state index contributed by atoms with van der Waals surface area (Å²) in [5.74, 6) is 0. The van der Waals surface area contributed by atoms with Crippen LogP contribution >= 0.6 is 0 Å².